The number of amides is 2. The van der Waals surface area contributed by atoms with E-state index >= 15 is 0 Å². The molecule has 3 heterocycles. The molecular formula is C21H25N3O5S. The van der Waals surface area contributed by atoms with Crippen molar-refractivity contribution in [1.82, 2.24) is 9.62 Å². The van der Waals surface area contributed by atoms with Gasteiger partial charge in [0.2, 0.25) is 21.8 Å². The van der Waals surface area contributed by atoms with E-state index < -0.39 is 16.1 Å². The minimum Gasteiger partial charge on any atom is -0.469 e. The fourth-order valence-corrected chi connectivity index (χ4v) is 5.71. The van der Waals surface area contributed by atoms with Crippen LogP contribution in [0.2, 0.25) is 0 Å². The Bertz CT molecular complexity index is 1040. The van der Waals surface area contributed by atoms with Gasteiger partial charge >= 0.3 is 0 Å². The first-order chi connectivity index (χ1) is 14.4. The Morgan fingerprint density at radius 3 is 2.63 bits per heavy atom. The summed E-state index contributed by atoms with van der Waals surface area (Å²) in [6.45, 7) is 2.85. The second kappa shape index (κ2) is 8.23. The molecule has 2 amide bonds. The second-order valence-electron chi connectivity index (χ2n) is 7.63. The van der Waals surface area contributed by atoms with Gasteiger partial charge in [-0.2, -0.15) is 4.31 Å². The highest BCUT2D eigenvalue weighted by Gasteiger charge is 2.38. The maximum Gasteiger partial charge on any atom is 0.243 e. The minimum atomic E-state index is -3.56. The molecule has 0 bridgehead atoms. The minimum absolute atomic E-state index is 0.213. The van der Waals surface area contributed by atoms with Crippen LogP contribution in [0.25, 0.3) is 0 Å². The average Bonchev–Trinajstić information content (AvgIpc) is 3.46. The zero-order valence-electron chi connectivity index (χ0n) is 16.8. The van der Waals surface area contributed by atoms with Crippen molar-refractivity contribution in [3.63, 3.8) is 0 Å². The van der Waals surface area contributed by atoms with Gasteiger partial charge in [0.15, 0.2) is 0 Å². The van der Waals surface area contributed by atoms with Crippen LogP contribution in [0.15, 0.2) is 45.9 Å². The molecule has 1 atom stereocenters. The Balaban J connectivity index is 1.52. The molecule has 1 N–H and O–H groups in total. The summed E-state index contributed by atoms with van der Waals surface area (Å²) in [6.07, 6.45) is 4.14. The summed E-state index contributed by atoms with van der Waals surface area (Å²) in [7, 11) is -3.56. The number of anilines is 1. The second-order valence-corrected chi connectivity index (χ2v) is 9.57. The van der Waals surface area contributed by atoms with Crippen molar-refractivity contribution in [3.05, 3.63) is 47.9 Å². The molecule has 2 aliphatic heterocycles. The van der Waals surface area contributed by atoms with Crippen LogP contribution in [0.3, 0.4) is 0 Å². The summed E-state index contributed by atoms with van der Waals surface area (Å²) in [5.41, 5.74) is 1.28. The monoisotopic (exact) mass is 431 g/mol. The van der Waals surface area contributed by atoms with Gasteiger partial charge in [0.05, 0.1) is 11.2 Å². The van der Waals surface area contributed by atoms with E-state index in [2.05, 4.69) is 5.32 Å². The summed E-state index contributed by atoms with van der Waals surface area (Å²) in [4.78, 5) is 26.7. The summed E-state index contributed by atoms with van der Waals surface area (Å²) in [5, 5.41) is 2.85. The summed E-state index contributed by atoms with van der Waals surface area (Å²) >= 11 is 0. The number of nitrogens with zero attached hydrogens (tertiary/aromatic N) is 2. The first-order valence-electron chi connectivity index (χ1n) is 10.1. The predicted molar refractivity (Wildman–Crippen MR) is 111 cm³/mol. The van der Waals surface area contributed by atoms with Crippen molar-refractivity contribution in [3.8, 4) is 0 Å². The zero-order chi connectivity index (χ0) is 21.3. The van der Waals surface area contributed by atoms with Crippen molar-refractivity contribution >= 4 is 27.5 Å². The van der Waals surface area contributed by atoms with Crippen LogP contribution in [0.5, 0.6) is 0 Å². The van der Waals surface area contributed by atoms with Crippen LogP contribution in [0.4, 0.5) is 5.69 Å². The average molecular weight is 432 g/mol. The Labute approximate surface area is 175 Å². The fourth-order valence-electron chi connectivity index (χ4n) is 4.15. The number of fused-ring (bicyclic) bond motifs is 1. The van der Waals surface area contributed by atoms with Gasteiger partial charge in [-0.3, -0.25) is 14.5 Å². The van der Waals surface area contributed by atoms with E-state index in [9.17, 15) is 18.0 Å². The number of benzene rings is 1. The molecule has 1 fully saturated rings. The molecular weight excluding hydrogens is 406 g/mol. The molecule has 30 heavy (non-hydrogen) atoms. The van der Waals surface area contributed by atoms with E-state index in [0.717, 1.165) is 18.6 Å². The SMILES string of the molecule is CC(=O)N1c2ccc(S(=O)(=O)N3CCCC3)cc2C[C@@H]1C(=O)NCCc1ccco1. The van der Waals surface area contributed by atoms with Crippen LogP contribution >= 0.6 is 0 Å². The molecule has 0 spiro atoms. The topological polar surface area (TPSA) is 99.9 Å². The van der Waals surface area contributed by atoms with E-state index in [1.54, 1.807) is 24.5 Å². The number of carbonyl (C=O) groups excluding carboxylic acids is 2. The van der Waals surface area contributed by atoms with Crippen molar-refractivity contribution in [2.45, 2.75) is 43.5 Å². The van der Waals surface area contributed by atoms with Gasteiger partial charge in [-0.15, -0.1) is 0 Å². The van der Waals surface area contributed by atoms with E-state index in [1.165, 1.54) is 22.2 Å². The number of furan rings is 1. The summed E-state index contributed by atoms with van der Waals surface area (Å²) < 4.78 is 32.5. The Morgan fingerprint density at radius 1 is 1.20 bits per heavy atom. The van der Waals surface area contributed by atoms with Gasteiger partial charge in [0, 0.05) is 45.1 Å². The summed E-state index contributed by atoms with van der Waals surface area (Å²) in [5.74, 6) is 0.247. The van der Waals surface area contributed by atoms with Crippen LogP contribution in [-0.2, 0) is 32.5 Å². The van der Waals surface area contributed by atoms with E-state index in [-0.39, 0.29) is 23.1 Å². The Morgan fingerprint density at radius 2 is 1.97 bits per heavy atom. The van der Waals surface area contributed by atoms with Gasteiger partial charge < -0.3 is 9.73 Å². The molecule has 1 aromatic carbocycles. The molecule has 0 saturated carbocycles. The molecule has 1 saturated heterocycles. The maximum absolute atomic E-state index is 12.9. The number of hydrogen-bond acceptors (Lipinski definition) is 5. The zero-order valence-corrected chi connectivity index (χ0v) is 17.7. The van der Waals surface area contributed by atoms with Crippen LogP contribution in [0, 0.1) is 0 Å². The highest BCUT2D eigenvalue weighted by Crippen LogP contribution is 2.35. The lowest BCUT2D eigenvalue weighted by Crippen LogP contribution is -2.47. The lowest BCUT2D eigenvalue weighted by molar-refractivity contribution is -0.125. The molecule has 0 aliphatic carbocycles. The lowest BCUT2D eigenvalue weighted by atomic mass is 10.1. The lowest BCUT2D eigenvalue weighted by Gasteiger charge is -2.23. The predicted octanol–water partition coefficient (Wildman–Crippen LogP) is 1.70. The third kappa shape index (κ3) is 3.87. The number of carbonyl (C=O) groups is 2. The van der Waals surface area contributed by atoms with Crippen molar-refractivity contribution in [2.24, 2.45) is 0 Å². The van der Waals surface area contributed by atoms with Crippen LogP contribution < -0.4 is 10.2 Å². The fraction of sp³-hybridized carbons (Fsp3) is 0.429. The standard InChI is InChI=1S/C21H25N3O5S/c1-15(25)24-19-7-6-18(30(27,28)23-10-2-3-11-23)13-16(19)14-20(24)21(26)22-9-8-17-5-4-12-29-17/h4-7,12-13,20H,2-3,8-11,14H2,1H3,(H,22,26)/t20-/m1/s1. The van der Waals surface area contributed by atoms with Gasteiger partial charge in [-0.1, -0.05) is 0 Å². The maximum atomic E-state index is 12.9. The highest BCUT2D eigenvalue weighted by molar-refractivity contribution is 7.89. The third-order valence-corrected chi connectivity index (χ3v) is 7.53. The van der Waals surface area contributed by atoms with Crippen LogP contribution in [0.1, 0.15) is 31.1 Å². The number of nitrogens with one attached hydrogen (secondary N) is 1. The van der Waals surface area contributed by atoms with Crippen molar-refractivity contribution in [2.75, 3.05) is 24.5 Å². The molecule has 2 aliphatic rings. The van der Waals surface area contributed by atoms with E-state index in [0.29, 0.717) is 37.3 Å². The molecule has 9 heteroatoms. The van der Waals surface area contributed by atoms with Gasteiger partial charge in [-0.25, -0.2) is 8.42 Å². The van der Waals surface area contributed by atoms with Crippen molar-refractivity contribution < 1.29 is 22.4 Å². The summed E-state index contributed by atoms with van der Waals surface area (Å²) in [6, 6.07) is 7.70. The van der Waals surface area contributed by atoms with Crippen LogP contribution in [-0.4, -0.2) is 50.2 Å². The number of hydrogen-bond donors (Lipinski definition) is 1. The van der Waals surface area contributed by atoms with Crippen molar-refractivity contribution in [1.29, 1.82) is 0 Å². The van der Waals surface area contributed by atoms with Gasteiger partial charge in [-0.05, 0) is 48.7 Å². The first kappa shape index (κ1) is 20.6. The van der Waals surface area contributed by atoms with Gasteiger partial charge in [0.25, 0.3) is 0 Å². The Hall–Kier alpha value is -2.65. The molecule has 2 aromatic rings. The number of sulfonamides is 1. The Kier molecular flexibility index (Phi) is 5.66. The molecule has 0 radical (unpaired) electrons. The number of rotatable bonds is 6. The first-order valence-corrected chi connectivity index (χ1v) is 11.5. The van der Waals surface area contributed by atoms with E-state index in [1.807, 2.05) is 6.07 Å². The highest BCUT2D eigenvalue weighted by atomic mass is 32.2. The van der Waals surface area contributed by atoms with E-state index in [4.69, 9.17) is 4.42 Å². The molecule has 160 valence electrons. The normalized spacial score (nSPS) is 19.1. The molecule has 8 nitrogen and oxygen atoms in total. The smallest absolute Gasteiger partial charge is 0.243 e. The molecule has 0 unspecified atom stereocenters. The quantitative estimate of drug-likeness (QED) is 0.750. The third-order valence-electron chi connectivity index (χ3n) is 5.63. The molecule has 1 aromatic heterocycles. The largest absolute Gasteiger partial charge is 0.469 e. The van der Waals surface area contributed by atoms with Gasteiger partial charge in [0.1, 0.15) is 11.8 Å². The molecule has 4 rings (SSSR count).